The molecule has 0 fully saturated rings. The van der Waals surface area contributed by atoms with Crippen molar-refractivity contribution in [2.75, 3.05) is 14.2 Å². The zero-order valence-electron chi connectivity index (χ0n) is 16.3. The van der Waals surface area contributed by atoms with Gasteiger partial charge >= 0.3 is 0 Å². The van der Waals surface area contributed by atoms with Gasteiger partial charge in [0, 0.05) is 12.1 Å². The summed E-state index contributed by atoms with van der Waals surface area (Å²) in [7, 11) is 3.15. The third kappa shape index (κ3) is 3.83. The molecule has 1 aromatic carbocycles. The summed E-state index contributed by atoms with van der Waals surface area (Å²) in [5.41, 5.74) is 0.662. The number of aromatic nitrogens is 4. The van der Waals surface area contributed by atoms with Crippen LogP contribution in [0.3, 0.4) is 0 Å². The topological polar surface area (TPSA) is 92.3 Å². The van der Waals surface area contributed by atoms with E-state index >= 15 is 0 Å². The highest BCUT2D eigenvalue weighted by molar-refractivity contribution is 7.98. The van der Waals surface area contributed by atoms with Gasteiger partial charge in [-0.25, -0.2) is 4.98 Å². The Hall–Kier alpha value is -3.11. The maximum Gasteiger partial charge on any atom is 0.263 e. The number of nitrogens with zero attached hydrogens (tertiary/aromatic N) is 4. The average Bonchev–Trinajstić information content (AvgIpc) is 3.43. The zero-order chi connectivity index (χ0) is 21.1. The fourth-order valence-electron chi connectivity index (χ4n) is 2.86. The second kappa shape index (κ2) is 8.72. The van der Waals surface area contributed by atoms with E-state index in [1.54, 1.807) is 43.1 Å². The SMILES string of the molecule is C=CCn1c(SCc2nc(-c3ccc(OC)c(OC)c3)no2)nc2sccc2c1=O. The molecular formula is C20H18N4O4S2. The van der Waals surface area contributed by atoms with Gasteiger partial charge in [-0.1, -0.05) is 23.0 Å². The van der Waals surface area contributed by atoms with Crippen LogP contribution in [0, 0.1) is 0 Å². The molecule has 0 atom stereocenters. The van der Waals surface area contributed by atoms with Gasteiger partial charge < -0.3 is 14.0 Å². The van der Waals surface area contributed by atoms with E-state index in [9.17, 15) is 4.79 Å². The molecule has 0 unspecified atom stereocenters. The molecule has 0 saturated carbocycles. The lowest BCUT2D eigenvalue weighted by atomic mass is 10.2. The van der Waals surface area contributed by atoms with Crippen LogP contribution in [0.25, 0.3) is 21.6 Å². The number of ether oxygens (including phenoxy) is 2. The minimum atomic E-state index is -0.0832. The largest absolute Gasteiger partial charge is 0.493 e. The normalized spacial score (nSPS) is 11.0. The zero-order valence-corrected chi connectivity index (χ0v) is 18.0. The fraction of sp³-hybridized carbons (Fsp3) is 0.200. The van der Waals surface area contributed by atoms with Gasteiger partial charge in [-0.15, -0.1) is 17.9 Å². The second-order valence-electron chi connectivity index (χ2n) is 6.11. The van der Waals surface area contributed by atoms with Crippen molar-refractivity contribution in [3.05, 3.63) is 58.5 Å². The van der Waals surface area contributed by atoms with E-state index in [1.807, 2.05) is 11.4 Å². The average molecular weight is 443 g/mol. The van der Waals surface area contributed by atoms with Crippen LogP contribution < -0.4 is 15.0 Å². The second-order valence-corrected chi connectivity index (χ2v) is 7.95. The lowest BCUT2D eigenvalue weighted by Gasteiger charge is -2.08. The molecule has 0 N–H and O–H groups in total. The molecule has 0 bridgehead atoms. The van der Waals surface area contributed by atoms with Gasteiger partial charge in [-0.2, -0.15) is 4.98 Å². The van der Waals surface area contributed by atoms with Crippen molar-refractivity contribution in [3.63, 3.8) is 0 Å². The molecule has 0 aliphatic carbocycles. The van der Waals surface area contributed by atoms with Gasteiger partial charge in [0.05, 0.1) is 25.4 Å². The summed E-state index contributed by atoms with van der Waals surface area (Å²) in [6, 6.07) is 7.19. The third-order valence-corrected chi connectivity index (χ3v) is 6.06. The summed E-state index contributed by atoms with van der Waals surface area (Å²) in [4.78, 5) is 22.5. The number of thioether (sulfide) groups is 1. The number of methoxy groups -OCH3 is 2. The van der Waals surface area contributed by atoms with E-state index in [2.05, 4.69) is 21.7 Å². The Morgan fingerprint density at radius 3 is 2.83 bits per heavy atom. The Morgan fingerprint density at radius 1 is 1.23 bits per heavy atom. The summed E-state index contributed by atoms with van der Waals surface area (Å²) in [6.07, 6.45) is 1.67. The molecule has 4 aromatic rings. The van der Waals surface area contributed by atoms with Crippen molar-refractivity contribution in [1.82, 2.24) is 19.7 Å². The Labute approximate surface area is 180 Å². The van der Waals surface area contributed by atoms with Crippen LogP contribution in [0.5, 0.6) is 11.5 Å². The molecular weight excluding hydrogens is 424 g/mol. The van der Waals surface area contributed by atoms with Gasteiger partial charge in [0.25, 0.3) is 5.56 Å². The number of thiophene rings is 1. The number of fused-ring (bicyclic) bond motifs is 1. The molecule has 10 heteroatoms. The van der Waals surface area contributed by atoms with Gasteiger partial charge in [0.1, 0.15) is 4.83 Å². The number of hydrogen-bond donors (Lipinski definition) is 0. The van der Waals surface area contributed by atoms with Gasteiger partial charge in [0.2, 0.25) is 11.7 Å². The number of benzene rings is 1. The first-order valence-electron chi connectivity index (χ1n) is 8.91. The van der Waals surface area contributed by atoms with Crippen molar-refractivity contribution < 1.29 is 14.0 Å². The van der Waals surface area contributed by atoms with Crippen molar-refractivity contribution in [3.8, 4) is 22.9 Å². The standard InChI is InChI=1S/C20H18N4O4S2/c1-4-8-24-19(25)13-7-9-29-18(13)22-20(24)30-11-16-21-17(23-28-16)12-5-6-14(26-2)15(10-12)27-3/h4-7,9-10H,1,8,11H2,2-3H3. The Balaban J connectivity index is 1.57. The number of rotatable bonds is 8. The lowest BCUT2D eigenvalue weighted by molar-refractivity contribution is 0.355. The molecule has 30 heavy (non-hydrogen) atoms. The summed E-state index contributed by atoms with van der Waals surface area (Å²) in [6.45, 7) is 4.11. The molecule has 0 aliphatic heterocycles. The first-order valence-corrected chi connectivity index (χ1v) is 10.8. The summed E-state index contributed by atoms with van der Waals surface area (Å²) in [5.74, 6) is 2.45. The van der Waals surface area contributed by atoms with E-state index in [-0.39, 0.29) is 5.56 Å². The maximum absolute atomic E-state index is 12.7. The molecule has 154 valence electrons. The smallest absolute Gasteiger partial charge is 0.263 e. The van der Waals surface area contributed by atoms with Crippen LogP contribution in [0.4, 0.5) is 0 Å². The molecule has 3 heterocycles. The predicted molar refractivity (Wildman–Crippen MR) is 116 cm³/mol. The summed E-state index contributed by atoms with van der Waals surface area (Å²) >= 11 is 2.80. The molecule has 0 radical (unpaired) electrons. The highest BCUT2D eigenvalue weighted by Gasteiger charge is 2.15. The first-order chi connectivity index (χ1) is 14.6. The van der Waals surface area contributed by atoms with E-state index in [0.29, 0.717) is 50.9 Å². The van der Waals surface area contributed by atoms with Crippen LogP contribution in [0.2, 0.25) is 0 Å². The van der Waals surface area contributed by atoms with Gasteiger partial charge in [0.15, 0.2) is 16.7 Å². The van der Waals surface area contributed by atoms with Gasteiger partial charge in [-0.3, -0.25) is 9.36 Å². The van der Waals surface area contributed by atoms with Crippen molar-refractivity contribution in [2.24, 2.45) is 0 Å². The molecule has 4 rings (SSSR count). The number of hydrogen-bond acceptors (Lipinski definition) is 9. The van der Waals surface area contributed by atoms with E-state index < -0.39 is 0 Å². The summed E-state index contributed by atoms with van der Waals surface area (Å²) in [5, 5.41) is 7.10. The minimum Gasteiger partial charge on any atom is -0.493 e. The first kappa shape index (κ1) is 20.2. The van der Waals surface area contributed by atoms with Crippen molar-refractivity contribution >= 4 is 33.3 Å². The molecule has 3 aromatic heterocycles. The monoisotopic (exact) mass is 442 g/mol. The molecule has 0 aliphatic rings. The quantitative estimate of drug-likeness (QED) is 0.230. The van der Waals surface area contributed by atoms with Crippen molar-refractivity contribution in [2.45, 2.75) is 17.5 Å². The lowest BCUT2D eigenvalue weighted by Crippen LogP contribution is -2.22. The predicted octanol–water partition coefficient (Wildman–Crippen LogP) is 4.00. The van der Waals surface area contributed by atoms with Gasteiger partial charge in [-0.05, 0) is 29.6 Å². The third-order valence-electron chi connectivity index (χ3n) is 4.29. The van der Waals surface area contributed by atoms with Crippen LogP contribution in [0.15, 0.2) is 56.8 Å². The van der Waals surface area contributed by atoms with Crippen molar-refractivity contribution in [1.29, 1.82) is 0 Å². The molecule has 0 saturated heterocycles. The maximum atomic E-state index is 12.7. The minimum absolute atomic E-state index is 0.0832. The molecule has 0 amide bonds. The Bertz CT molecular complexity index is 1260. The summed E-state index contributed by atoms with van der Waals surface area (Å²) < 4.78 is 17.6. The van der Waals surface area contributed by atoms with E-state index in [1.165, 1.54) is 23.1 Å². The van der Waals surface area contributed by atoms with E-state index in [4.69, 9.17) is 14.0 Å². The number of allylic oxidation sites excluding steroid dienone is 1. The highest BCUT2D eigenvalue weighted by atomic mass is 32.2. The Kier molecular flexibility index (Phi) is 5.86. The highest BCUT2D eigenvalue weighted by Crippen LogP contribution is 2.31. The van der Waals surface area contributed by atoms with Crippen LogP contribution >= 0.6 is 23.1 Å². The van der Waals surface area contributed by atoms with Crippen LogP contribution in [-0.2, 0) is 12.3 Å². The van der Waals surface area contributed by atoms with Crippen LogP contribution in [-0.4, -0.2) is 33.9 Å². The van der Waals surface area contributed by atoms with Crippen LogP contribution in [0.1, 0.15) is 5.89 Å². The Morgan fingerprint density at radius 2 is 2.07 bits per heavy atom. The molecule has 8 nitrogen and oxygen atoms in total. The van der Waals surface area contributed by atoms with E-state index in [0.717, 1.165) is 5.56 Å². The molecule has 0 spiro atoms. The fourth-order valence-corrected chi connectivity index (χ4v) is 4.51.